The largest absolute Gasteiger partial charge is 0.502 e. The Kier molecular flexibility index (Phi) is 3.79. The minimum absolute atomic E-state index is 0.169. The smallest absolute Gasteiger partial charge is 0.371 e. The second kappa shape index (κ2) is 5.52. The molecule has 2 rings (SSSR count). The number of carboxylic acids is 1. The van der Waals surface area contributed by atoms with Crippen molar-refractivity contribution in [2.75, 3.05) is 13.8 Å². The predicted molar refractivity (Wildman–Crippen MR) is 67.4 cm³/mol. The summed E-state index contributed by atoms with van der Waals surface area (Å²) in [7, 11) is 1.50. The molecule has 1 aromatic carbocycles. The highest BCUT2D eigenvalue weighted by molar-refractivity contribution is 5.95. The number of carboxylic acid groups (broad SMARTS) is 1. The molecule has 1 aromatic rings. The van der Waals surface area contributed by atoms with E-state index in [-0.39, 0.29) is 13.3 Å². The molecule has 0 bridgehead atoms. The zero-order valence-corrected chi connectivity index (χ0v) is 10.7. The fourth-order valence-electron chi connectivity index (χ4n) is 1.68. The number of fused-ring (bicyclic) bond motifs is 1. The zero-order chi connectivity index (χ0) is 14.7. The molecule has 0 saturated heterocycles. The summed E-state index contributed by atoms with van der Waals surface area (Å²) >= 11 is 0. The third kappa shape index (κ3) is 3.00. The number of benzene rings is 1. The molecule has 20 heavy (non-hydrogen) atoms. The Morgan fingerprint density at radius 1 is 1.30 bits per heavy atom. The van der Waals surface area contributed by atoms with Gasteiger partial charge in [-0.05, 0) is 17.7 Å². The maximum absolute atomic E-state index is 11.7. The Bertz CT molecular complexity index is 580. The van der Waals surface area contributed by atoms with Crippen LogP contribution in [0.2, 0.25) is 0 Å². The molecule has 0 fully saturated rings. The van der Waals surface area contributed by atoms with Crippen molar-refractivity contribution in [3.63, 3.8) is 0 Å². The van der Waals surface area contributed by atoms with E-state index in [4.69, 9.17) is 19.7 Å². The van der Waals surface area contributed by atoms with Gasteiger partial charge in [0.2, 0.25) is 12.6 Å². The number of likely N-dealkylation sites (N-methyl/N-ethyl adjacent to an activating group) is 1. The lowest BCUT2D eigenvalue weighted by Crippen LogP contribution is -2.25. The van der Waals surface area contributed by atoms with Crippen molar-refractivity contribution in [3.8, 4) is 11.5 Å². The number of carbonyl (C=O) groups is 2. The van der Waals surface area contributed by atoms with E-state index in [0.29, 0.717) is 17.6 Å². The summed E-state index contributed by atoms with van der Waals surface area (Å²) in [6.07, 6.45) is 0.662. The van der Waals surface area contributed by atoms with Gasteiger partial charge in [0, 0.05) is 13.6 Å². The summed E-state index contributed by atoms with van der Waals surface area (Å²) in [4.78, 5) is 23.4. The number of hydrogen-bond acceptors (Lipinski definition) is 5. The molecule has 2 N–H and O–H groups in total. The van der Waals surface area contributed by atoms with E-state index in [0.717, 1.165) is 5.56 Å². The van der Waals surface area contributed by atoms with E-state index in [1.807, 2.05) is 0 Å². The lowest BCUT2D eigenvalue weighted by atomic mass is 10.2. The van der Waals surface area contributed by atoms with Crippen molar-refractivity contribution in [1.82, 2.24) is 4.90 Å². The average Bonchev–Trinajstić information content (AvgIpc) is 2.85. The van der Waals surface area contributed by atoms with Gasteiger partial charge in [0.25, 0.3) is 5.91 Å². The van der Waals surface area contributed by atoms with Gasteiger partial charge in [0.05, 0.1) is 6.08 Å². The van der Waals surface area contributed by atoms with Crippen molar-refractivity contribution < 1.29 is 29.3 Å². The van der Waals surface area contributed by atoms with Gasteiger partial charge >= 0.3 is 5.97 Å². The standard InChI is InChI=1S/C13H13NO6/c1-14(12(16)5-9(15)13(17)18)6-8-2-3-10-11(4-8)20-7-19-10/h2-5,15H,6-7H2,1H3,(H,17,18). The van der Waals surface area contributed by atoms with Crippen LogP contribution in [0.5, 0.6) is 11.5 Å². The first-order valence-corrected chi connectivity index (χ1v) is 5.75. The fraction of sp³-hybridized carbons (Fsp3) is 0.231. The Balaban J connectivity index is 2.04. The lowest BCUT2D eigenvalue weighted by Gasteiger charge is -2.15. The minimum Gasteiger partial charge on any atom is -0.502 e. The van der Waals surface area contributed by atoms with Crippen LogP contribution in [-0.4, -0.2) is 40.8 Å². The second-order valence-corrected chi connectivity index (χ2v) is 4.22. The first-order chi connectivity index (χ1) is 9.47. The van der Waals surface area contributed by atoms with Gasteiger partial charge in [0.1, 0.15) is 0 Å². The number of carbonyl (C=O) groups excluding carboxylic acids is 1. The molecule has 0 unspecified atom stereocenters. The summed E-state index contributed by atoms with van der Waals surface area (Å²) in [5.41, 5.74) is 0.799. The summed E-state index contributed by atoms with van der Waals surface area (Å²) < 4.78 is 10.4. The van der Waals surface area contributed by atoms with E-state index in [1.165, 1.54) is 11.9 Å². The van der Waals surface area contributed by atoms with Gasteiger partial charge in [-0.25, -0.2) is 4.79 Å². The molecule has 1 aliphatic rings. The van der Waals surface area contributed by atoms with E-state index in [2.05, 4.69) is 0 Å². The lowest BCUT2D eigenvalue weighted by molar-refractivity contribution is -0.136. The minimum atomic E-state index is -1.55. The van der Waals surface area contributed by atoms with E-state index < -0.39 is 17.6 Å². The summed E-state index contributed by atoms with van der Waals surface area (Å²) in [6, 6.07) is 5.26. The second-order valence-electron chi connectivity index (χ2n) is 4.22. The molecule has 106 valence electrons. The molecule has 7 nitrogen and oxygen atoms in total. The Morgan fingerprint density at radius 2 is 2.00 bits per heavy atom. The Labute approximate surface area is 114 Å². The number of ether oxygens (including phenoxy) is 2. The first kappa shape index (κ1) is 13.7. The molecule has 1 amide bonds. The molecule has 0 aromatic heterocycles. The van der Waals surface area contributed by atoms with Gasteiger partial charge in [-0.3, -0.25) is 4.79 Å². The van der Waals surface area contributed by atoms with Gasteiger partial charge in [0.15, 0.2) is 11.5 Å². The number of rotatable bonds is 4. The zero-order valence-electron chi connectivity index (χ0n) is 10.7. The van der Waals surface area contributed by atoms with Crippen LogP contribution in [0.4, 0.5) is 0 Å². The monoisotopic (exact) mass is 279 g/mol. The Morgan fingerprint density at radius 3 is 2.70 bits per heavy atom. The fourth-order valence-corrected chi connectivity index (χ4v) is 1.68. The molecule has 0 spiro atoms. The van der Waals surface area contributed by atoms with E-state index in [9.17, 15) is 9.59 Å². The highest BCUT2D eigenvalue weighted by Crippen LogP contribution is 2.32. The van der Waals surface area contributed by atoms with E-state index in [1.54, 1.807) is 18.2 Å². The number of aliphatic hydroxyl groups excluding tert-OH is 1. The van der Waals surface area contributed by atoms with Crippen LogP contribution in [0.15, 0.2) is 30.0 Å². The van der Waals surface area contributed by atoms with Crippen molar-refractivity contribution in [3.05, 3.63) is 35.6 Å². The molecule has 0 aliphatic carbocycles. The van der Waals surface area contributed by atoms with Crippen molar-refractivity contribution >= 4 is 11.9 Å². The van der Waals surface area contributed by atoms with Crippen LogP contribution in [-0.2, 0) is 16.1 Å². The maximum atomic E-state index is 11.7. The molecule has 0 radical (unpaired) electrons. The van der Waals surface area contributed by atoms with Crippen molar-refractivity contribution in [2.24, 2.45) is 0 Å². The summed E-state index contributed by atoms with van der Waals surface area (Å²) in [5.74, 6) is -1.90. The molecular weight excluding hydrogens is 266 g/mol. The molecule has 1 aliphatic heterocycles. The number of amides is 1. The number of nitrogens with zero attached hydrogens (tertiary/aromatic N) is 1. The van der Waals surface area contributed by atoms with Gasteiger partial charge < -0.3 is 24.6 Å². The summed E-state index contributed by atoms with van der Waals surface area (Å²) in [6.45, 7) is 0.418. The van der Waals surface area contributed by atoms with Crippen molar-refractivity contribution in [1.29, 1.82) is 0 Å². The first-order valence-electron chi connectivity index (χ1n) is 5.75. The van der Waals surface area contributed by atoms with Crippen LogP contribution in [0.3, 0.4) is 0 Å². The normalized spacial score (nSPS) is 13.2. The third-order valence-electron chi connectivity index (χ3n) is 2.71. The molecule has 0 saturated carbocycles. The van der Waals surface area contributed by atoms with Crippen LogP contribution in [0.1, 0.15) is 5.56 Å². The average molecular weight is 279 g/mol. The SMILES string of the molecule is CN(Cc1ccc2c(c1)OCO2)C(=O)C=C(O)C(=O)O. The van der Waals surface area contributed by atoms with E-state index >= 15 is 0 Å². The quantitative estimate of drug-likeness (QED) is 0.628. The van der Waals surface area contributed by atoms with Crippen LogP contribution in [0.25, 0.3) is 0 Å². The number of aliphatic hydroxyl groups is 1. The maximum Gasteiger partial charge on any atom is 0.371 e. The van der Waals surface area contributed by atoms with Crippen molar-refractivity contribution in [2.45, 2.75) is 6.54 Å². The van der Waals surface area contributed by atoms with Gasteiger partial charge in [-0.2, -0.15) is 0 Å². The summed E-state index contributed by atoms with van der Waals surface area (Å²) in [5, 5.41) is 17.5. The highest BCUT2D eigenvalue weighted by Gasteiger charge is 2.15. The number of hydrogen-bond donors (Lipinski definition) is 2. The van der Waals surface area contributed by atoms with Gasteiger partial charge in [-0.1, -0.05) is 6.07 Å². The number of aliphatic carboxylic acids is 1. The highest BCUT2D eigenvalue weighted by atomic mass is 16.7. The predicted octanol–water partition coefficient (Wildman–Crippen LogP) is 0.900. The van der Waals surface area contributed by atoms with Crippen LogP contribution in [0, 0.1) is 0 Å². The van der Waals surface area contributed by atoms with Crippen LogP contribution >= 0.6 is 0 Å². The van der Waals surface area contributed by atoms with Crippen LogP contribution < -0.4 is 9.47 Å². The topological polar surface area (TPSA) is 96.3 Å². The molecule has 7 heteroatoms. The molecule has 0 atom stereocenters. The molecule has 1 heterocycles. The third-order valence-corrected chi connectivity index (χ3v) is 2.71. The Hall–Kier alpha value is -2.70. The molecular formula is C13H13NO6. The van der Waals surface area contributed by atoms with Gasteiger partial charge in [-0.15, -0.1) is 0 Å².